The standard InChI is InChI=1S/C24H30N4O2/c1-4-14(2)22(20(29)9-16-6-5-7-17(8-16)10-25)28-13-19-15(3)11-26-23-21(19)18(12-27-23)24(28)30/h11-12,14,16-17,22H,4-9,13H2,1-3H3,(H,26,27)/t14?,16?,17?,22-/m1/s1. The van der Waals surface area contributed by atoms with Crippen molar-refractivity contribution >= 4 is 22.7 Å². The van der Waals surface area contributed by atoms with Crippen LogP contribution in [0.15, 0.2) is 12.4 Å². The first-order chi connectivity index (χ1) is 14.4. The summed E-state index contributed by atoms with van der Waals surface area (Å²) < 4.78 is 0. The predicted octanol–water partition coefficient (Wildman–Crippen LogP) is 4.53. The zero-order valence-corrected chi connectivity index (χ0v) is 18.1. The minimum absolute atomic E-state index is 0.0605. The van der Waals surface area contributed by atoms with Crippen molar-refractivity contribution in [2.75, 3.05) is 0 Å². The molecule has 1 N–H and O–H groups in total. The van der Waals surface area contributed by atoms with Gasteiger partial charge in [0.2, 0.25) is 0 Å². The van der Waals surface area contributed by atoms with Gasteiger partial charge < -0.3 is 9.88 Å². The molecule has 3 heterocycles. The Bertz CT molecular complexity index is 1020. The van der Waals surface area contributed by atoms with Crippen LogP contribution in [0.5, 0.6) is 0 Å². The van der Waals surface area contributed by atoms with Crippen molar-refractivity contribution < 1.29 is 9.59 Å². The molecule has 0 spiro atoms. The number of pyridine rings is 1. The first-order valence-electron chi connectivity index (χ1n) is 11.1. The number of H-pyrrole nitrogens is 1. The Kier molecular flexibility index (Phi) is 5.64. The molecule has 0 aromatic carbocycles. The average molecular weight is 407 g/mol. The number of carbonyl (C=O) groups excluding carboxylic acids is 2. The molecule has 1 aliphatic heterocycles. The van der Waals surface area contributed by atoms with E-state index in [0.29, 0.717) is 18.5 Å². The summed E-state index contributed by atoms with van der Waals surface area (Å²) >= 11 is 0. The van der Waals surface area contributed by atoms with Crippen LogP contribution in [0.3, 0.4) is 0 Å². The number of carbonyl (C=O) groups is 2. The monoisotopic (exact) mass is 406 g/mol. The molecular formula is C24H30N4O2. The lowest BCUT2D eigenvalue weighted by molar-refractivity contribution is -0.126. The number of Topliss-reactive ketones (excluding diaryl/α,β-unsaturated/α-hetero) is 1. The molecule has 0 bridgehead atoms. The zero-order chi connectivity index (χ0) is 21.4. The van der Waals surface area contributed by atoms with Gasteiger partial charge in [-0.15, -0.1) is 0 Å². The van der Waals surface area contributed by atoms with Crippen LogP contribution in [0.1, 0.15) is 73.9 Å². The molecule has 1 fully saturated rings. The van der Waals surface area contributed by atoms with Crippen LogP contribution in [-0.4, -0.2) is 32.6 Å². The number of nitrogens with zero attached hydrogens (tertiary/aromatic N) is 3. The number of hydrogen-bond acceptors (Lipinski definition) is 4. The van der Waals surface area contributed by atoms with Crippen molar-refractivity contribution in [3.63, 3.8) is 0 Å². The molecular weight excluding hydrogens is 376 g/mol. The van der Waals surface area contributed by atoms with Crippen LogP contribution >= 0.6 is 0 Å². The molecule has 1 saturated carbocycles. The van der Waals surface area contributed by atoms with E-state index in [1.807, 2.05) is 13.1 Å². The Balaban J connectivity index is 1.63. The van der Waals surface area contributed by atoms with Crippen LogP contribution < -0.4 is 0 Å². The second kappa shape index (κ2) is 8.22. The van der Waals surface area contributed by atoms with Gasteiger partial charge in [0.05, 0.1) is 17.7 Å². The fraction of sp³-hybridized carbons (Fsp3) is 0.583. The van der Waals surface area contributed by atoms with E-state index in [1.54, 1.807) is 11.1 Å². The van der Waals surface area contributed by atoms with Crippen molar-refractivity contribution in [2.45, 2.75) is 71.9 Å². The highest BCUT2D eigenvalue weighted by molar-refractivity contribution is 6.10. The summed E-state index contributed by atoms with van der Waals surface area (Å²) in [5, 5.41) is 10.2. The Labute approximate surface area is 177 Å². The van der Waals surface area contributed by atoms with Gasteiger partial charge in [-0.25, -0.2) is 4.98 Å². The fourth-order valence-electron chi connectivity index (χ4n) is 5.27. The van der Waals surface area contributed by atoms with E-state index in [1.165, 1.54) is 0 Å². The van der Waals surface area contributed by atoms with Gasteiger partial charge in [-0.3, -0.25) is 9.59 Å². The minimum atomic E-state index is -0.435. The highest BCUT2D eigenvalue weighted by atomic mass is 16.2. The molecule has 6 heteroatoms. The van der Waals surface area contributed by atoms with Crippen LogP contribution in [0.4, 0.5) is 0 Å². The van der Waals surface area contributed by atoms with E-state index in [9.17, 15) is 14.9 Å². The van der Waals surface area contributed by atoms with Gasteiger partial charge in [0.25, 0.3) is 5.91 Å². The molecule has 2 aromatic rings. The van der Waals surface area contributed by atoms with Crippen molar-refractivity contribution in [1.29, 1.82) is 5.26 Å². The topological polar surface area (TPSA) is 89.8 Å². The summed E-state index contributed by atoms with van der Waals surface area (Å²) in [4.78, 5) is 36.3. The largest absolute Gasteiger partial charge is 0.345 e. The van der Waals surface area contributed by atoms with Crippen molar-refractivity contribution in [3.8, 4) is 6.07 Å². The maximum Gasteiger partial charge on any atom is 0.257 e. The molecule has 30 heavy (non-hydrogen) atoms. The Morgan fingerprint density at radius 3 is 2.97 bits per heavy atom. The van der Waals surface area contributed by atoms with Gasteiger partial charge in [0.15, 0.2) is 5.78 Å². The smallest absolute Gasteiger partial charge is 0.257 e. The van der Waals surface area contributed by atoms with Crippen molar-refractivity contribution in [2.24, 2.45) is 17.8 Å². The van der Waals surface area contributed by atoms with Gasteiger partial charge in [-0.05, 0) is 49.1 Å². The van der Waals surface area contributed by atoms with E-state index in [0.717, 1.165) is 54.3 Å². The summed E-state index contributed by atoms with van der Waals surface area (Å²) in [6.45, 7) is 6.59. The van der Waals surface area contributed by atoms with Gasteiger partial charge >= 0.3 is 0 Å². The molecule has 3 unspecified atom stereocenters. The molecule has 1 aliphatic carbocycles. The van der Waals surface area contributed by atoms with Crippen molar-refractivity contribution in [1.82, 2.24) is 14.9 Å². The molecule has 6 nitrogen and oxygen atoms in total. The van der Waals surface area contributed by atoms with E-state index < -0.39 is 6.04 Å². The van der Waals surface area contributed by atoms with E-state index in [2.05, 4.69) is 29.9 Å². The summed E-state index contributed by atoms with van der Waals surface area (Å²) in [6.07, 6.45) is 8.59. The number of nitrogens with one attached hydrogen (secondary N) is 1. The first-order valence-corrected chi connectivity index (χ1v) is 11.1. The number of aromatic amines is 1. The minimum Gasteiger partial charge on any atom is -0.345 e. The van der Waals surface area contributed by atoms with E-state index >= 15 is 0 Å². The van der Waals surface area contributed by atoms with Gasteiger partial charge in [0.1, 0.15) is 5.65 Å². The summed E-state index contributed by atoms with van der Waals surface area (Å²) in [5.74, 6) is 0.446. The second-order valence-corrected chi connectivity index (χ2v) is 9.14. The number of amides is 1. The normalized spacial score (nSPS) is 23.3. The number of aromatic nitrogens is 2. The fourth-order valence-corrected chi connectivity index (χ4v) is 5.27. The third-order valence-corrected chi connectivity index (χ3v) is 7.15. The molecule has 0 radical (unpaired) electrons. The summed E-state index contributed by atoms with van der Waals surface area (Å²) in [7, 11) is 0. The van der Waals surface area contributed by atoms with E-state index in [-0.39, 0.29) is 29.4 Å². The van der Waals surface area contributed by atoms with Crippen LogP contribution in [-0.2, 0) is 11.3 Å². The molecule has 2 aromatic heterocycles. The van der Waals surface area contributed by atoms with Gasteiger partial charge in [-0.1, -0.05) is 26.7 Å². The molecule has 4 rings (SSSR count). The number of ketones is 1. The van der Waals surface area contributed by atoms with Crippen molar-refractivity contribution in [3.05, 3.63) is 29.1 Å². The lowest BCUT2D eigenvalue weighted by Crippen LogP contribution is -2.50. The van der Waals surface area contributed by atoms with Crippen LogP contribution in [0.2, 0.25) is 0 Å². The summed E-state index contributed by atoms with van der Waals surface area (Å²) in [5.41, 5.74) is 3.47. The molecule has 1 amide bonds. The third kappa shape index (κ3) is 3.51. The molecule has 158 valence electrons. The number of hydrogen-bond donors (Lipinski definition) is 1. The highest BCUT2D eigenvalue weighted by Gasteiger charge is 2.39. The Morgan fingerprint density at radius 1 is 1.43 bits per heavy atom. The predicted molar refractivity (Wildman–Crippen MR) is 115 cm³/mol. The quantitative estimate of drug-likeness (QED) is 0.763. The SMILES string of the molecule is CCC(C)[C@H](C(=O)CC1CCCC(C#N)C1)N1Cc2c(C)cnc3[nH]cc(c23)C1=O. The first kappa shape index (κ1) is 20.6. The highest BCUT2D eigenvalue weighted by Crippen LogP contribution is 2.36. The number of nitriles is 1. The molecule has 0 saturated heterocycles. The lowest BCUT2D eigenvalue weighted by Gasteiger charge is -2.38. The van der Waals surface area contributed by atoms with Crippen LogP contribution in [0.25, 0.3) is 11.0 Å². The molecule has 2 aliphatic rings. The van der Waals surface area contributed by atoms with Gasteiger partial charge in [-0.2, -0.15) is 5.26 Å². The van der Waals surface area contributed by atoms with Crippen LogP contribution in [0, 0.1) is 36.0 Å². The van der Waals surface area contributed by atoms with Gasteiger partial charge in [0, 0.05) is 36.7 Å². The summed E-state index contributed by atoms with van der Waals surface area (Å²) in [6, 6.07) is 1.95. The number of aryl methyl sites for hydroxylation is 1. The Hall–Kier alpha value is -2.68. The second-order valence-electron chi connectivity index (χ2n) is 9.14. The maximum atomic E-state index is 13.5. The average Bonchev–Trinajstić information content (AvgIpc) is 3.18. The third-order valence-electron chi connectivity index (χ3n) is 7.15. The van der Waals surface area contributed by atoms with E-state index in [4.69, 9.17) is 0 Å². The molecule has 4 atom stereocenters. The maximum absolute atomic E-state index is 13.5. The lowest BCUT2D eigenvalue weighted by atomic mass is 9.78. The number of rotatable bonds is 6. The zero-order valence-electron chi connectivity index (χ0n) is 18.1. The Morgan fingerprint density at radius 2 is 2.23 bits per heavy atom.